The Labute approximate surface area is 134 Å². The maximum atomic E-state index is 12.2. The second-order valence-electron chi connectivity index (χ2n) is 4.00. The minimum Gasteiger partial charge on any atom is -0.345 e. The van der Waals surface area contributed by atoms with Gasteiger partial charge >= 0.3 is 0 Å². The molecule has 19 heavy (non-hydrogen) atoms. The van der Waals surface area contributed by atoms with E-state index >= 15 is 0 Å². The number of carbonyl (C=O) groups is 1. The van der Waals surface area contributed by atoms with E-state index in [0.29, 0.717) is 5.56 Å². The number of halogens is 2. The fourth-order valence-electron chi connectivity index (χ4n) is 1.59. The molecule has 1 atom stereocenters. The monoisotopic (exact) mass is 375 g/mol. The Morgan fingerprint density at radius 1 is 1.42 bits per heavy atom. The molecule has 0 saturated carbocycles. The third kappa shape index (κ3) is 3.75. The Hall–Kier alpha value is -0.490. The number of nitrogens with one attached hydrogen (secondary N) is 1. The number of amides is 1. The second-order valence-corrected chi connectivity index (χ2v) is 7.12. The molecule has 1 N–H and O–H groups in total. The first-order valence-electron chi connectivity index (χ1n) is 5.52. The van der Waals surface area contributed by atoms with Crippen LogP contribution >= 0.6 is 51.5 Å². The van der Waals surface area contributed by atoms with Crippen LogP contribution in [0.4, 0.5) is 0 Å². The van der Waals surface area contributed by atoms with Gasteiger partial charge in [-0.2, -0.15) is 0 Å². The summed E-state index contributed by atoms with van der Waals surface area (Å²) in [6, 6.07) is 9.03. The summed E-state index contributed by atoms with van der Waals surface area (Å²) in [5.41, 5.74) is 0.571. The van der Waals surface area contributed by atoms with Crippen molar-refractivity contribution in [3.63, 3.8) is 0 Å². The summed E-state index contributed by atoms with van der Waals surface area (Å²) in [4.78, 5) is 14.0. The first kappa shape index (κ1) is 14.9. The van der Waals surface area contributed by atoms with E-state index in [1.807, 2.05) is 31.2 Å². The van der Waals surface area contributed by atoms with Crippen molar-refractivity contribution in [2.24, 2.45) is 0 Å². The highest BCUT2D eigenvalue weighted by Crippen LogP contribution is 2.27. The van der Waals surface area contributed by atoms with E-state index in [4.69, 9.17) is 11.6 Å². The number of thiophene rings is 1. The normalized spacial score (nSPS) is 12.2. The highest BCUT2D eigenvalue weighted by molar-refractivity contribution is 9.10. The molecule has 1 unspecified atom stereocenters. The average Bonchev–Trinajstić information content (AvgIpc) is 2.79. The molecule has 1 amide bonds. The Morgan fingerprint density at radius 3 is 2.79 bits per heavy atom. The highest BCUT2D eigenvalue weighted by Gasteiger charge is 2.15. The van der Waals surface area contributed by atoms with Crippen LogP contribution in [0.2, 0.25) is 4.34 Å². The molecule has 2 nitrogen and oxygen atoms in total. The van der Waals surface area contributed by atoms with Gasteiger partial charge in [-0.15, -0.1) is 24.0 Å². The van der Waals surface area contributed by atoms with Crippen molar-refractivity contribution in [1.29, 1.82) is 0 Å². The third-order valence-corrected chi connectivity index (χ3v) is 4.95. The van der Waals surface area contributed by atoms with Gasteiger partial charge < -0.3 is 5.32 Å². The maximum Gasteiger partial charge on any atom is 0.252 e. The Morgan fingerprint density at radius 2 is 2.16 bits per heavy atom. The Balaban J connectivity index is 2.15. The van der Waals surface area contributed by atoms with Crippen LogP contribution in [0.3, 0.4) is 0 Å². The predicted octanol–water partition coefficient (Wildman–Crippen LogP) is 4.94. The maximum absolute atomic E-state index is 12.2. The highest BCUT2D eigenvalue weighted by atomic mass is 79.9. The molecule has 0 aliphatic carbocycles. The molecule has 100 valence electrons. The molecule has 0 radical (unpaired) electrons. The SMILES string of the molecule is CC(NC(=O)c1cc(S)ccc1Br)c1ccc(Cl)s1. The summed E-state index contributed by atoms with van der Waals surface area (Å²) >= 11 is 15.0. The van der Waals surface area contributed by atoms with E-state index in [1.165, 1.54) is 11.3 Å². The summed E-state index contributed by atoms with van der Waals surface area (Å²) in [6.45, 7) is 1.93. The van der Waals surface area contributed by atoms with Gasteiger partial charge in [-0.25, -0.2) is 0 Å². The number of thiol groups is 1. The molecule has 0 spiro atoms. The lowest BCUT2D eigenvalue weighted by Gasteiger charge is -2.13. The summed E-state index contributed by atoms with van der Waals surface area (Å²) < 4.78 is 1.47. The van der Waals surface area contributed by atoms with Gasteiger partial charge in [-0.05, 0) is 53.2 Å². The smallest absolute Gasteiger partial charge is 0.252 e. The van der Waals surface area contributed by atoms with Gasteiger partial charge in [-0.1, -0.05) is 11.6 Å². The minimum atomic E-state index is -0.139. The molecular formula is C13H11BrClNOS2. The van der Waals surface area contributed by atoms with Crippen molar-refractivity contribution in [2.45, 2.75) is 17.9 Å². The molecule has 2 rings (SSSR count). The van der Waals surface area contributed by atoms with Crippen LogP contribution in [0, 0.1) is 0 Å². The van der Waals surface area contributed by atoms with Crippen molar-refractivity contribution in [2.75, 3.05) is 0 Å². The number of rotatable bonds is 3. The lowest BCUT2D eigenvalue weighted by molar-refractivity contribution is 0.0939. The largest absolute Gasteiger partial charge is 0.345 e. The van der Waals surface area contributed by atoms with Gasteiger partial charge in [0, 0.05) is 14.2 Å². The van der Waals surface area contributed by atoms with E-state index in [9.17, 15) is 4.79 Å². The molecule has 1 aromatic heterocycles. The summed E-state index contributed by atoms with van der Waals surface area (Å²) in [5.74, 6) is -0.139. The van der Waals surface area contributed by atoms with E-state index < -0.39 is 0 Å². The van der Waals surface area contributed by atoms with Gasteiger partial charge in [0.25, 0.3) is 5.91 Å². The molecular weight excluding hydrogens is 366 g/mol. The van der Waals surface area contributed by atoms with Crippen molar-refractivity contribution in [3.8, 4) is 0 Å². The van der Waals surface area contributed by atoms with Crippen LogP contribution in [0.1, 0.15) is 28.2 Å². The first-order valence-corrected chi connectivity index (χ1v) is 7.95. The fourth-order valence-corrected chi connectivity index (χ4v) is 3.29. The van der Waals surface area contributed by atoms with E-state index in [1.54, 1.807) is 6.07 Å². The number of carbonyl (C=O) groups excluding carboxylic acids is 1. The quantitative estimate of drug-likeness (QED) is 0.730. The lowest BCUT2D eigenvalue weighted by Crippen LogP contribution is -2.26. The minimum absolute atomic E-state index is 0.0829. The van der Waals surface area contributed by atoms with Gasteiger partial charge in [0.15, 0.2) is 0 Å². The van der Waals surface area contributed by atoms with E-state index in [2.05, 4.69) is 33.9 Å². The van der Waals surface area contributed by atoms with Crippen LogP contribution in [0.25, 0.3) is 0 Å². The number of benzene rings is 1. The van der Waals surface area contributed by atoms with E-state index in [-0.39, 0.29) is 11.9 Å². The van der Waals surface area contributed by atoms with Gasteiger partial charge in [-0.3, -0.25) is 4.79 Å². The fraction of sp³-hybridized carbons (Fsp3) is 0.154. The topological polar surface area (TPSA) is 29.1 Å². The molecule has 1 aromatic carbocycles. The van der Waals surface area contributed by atoms with Crippen LogP contribution in [-0.4, -0.2) is 5.91 Å². The second kappa shape index (κ2) is 6.31. The molecule has 0 saturated heterocycles. The molecule has 0 bridgehead atoms. The van der Waals surface area contributed by atoms with Gasteiger partial charge in [0.1, 0.15) is 0 Å². The van der Waals surface area contributed by atoms with Gasteiger partial charge in [0.05, 0.1) is 15.9 Å². The standard InChI is InChI=1S/C13H11BrClNOS2/c1-7(11-4-5-12(15)19-11)16-13(17)9-6-8(18)2-3-10(9)14/h2-7,18H,1H3,(H,16,17). The van der Waals surface area contributed by atoms with Crippen molar-refractivity contribution >= 4 is 57.4 Å². The molecule has 0 aliphatic rings. The third-order valence-electron chi connectivity index (χ3n) is 2.56. The zero-order chi connectivity index (χ0) is 14.0. The van der Waals surface area contributed by atoms with Crippen LogP contribution in [-0.2, 0) is 0 Å². The van der Waals surface area contributed by atoms with E-state index in [0.717, 1.165) is 18.6 Å². The Bertz CT molecular complexity index is 614. The van der Waals surface area contributed by atoms with Gasteiger partial charge in [0.2, 0.25) is 0 Å². The summed E-state index contributed by atoms with van der Waals surface area (Å²) in [7, 11) is 0. The molecule has 2 aromatic rings. The zero-order valence-electron chi connectivity index (χ0n) is 9.98. The Kier molecular flexibility index (Phi) is 4.95. The summed E-state index contributed by atoms with van der Waals surface area (Å²) in [5, 5.41) is 2.94. The molecule has 1 heterocycles. The number of hydrogen-bond donors (Lipinski definition) is 2. The predicted molar refractivity (Wildman–Crippen MR) is 86.6 cm³/mol. The molecule has 0 fully saturated rings. The zero-order valence-corrected chi connectivity index (χ0v) is 14.0. The lowest BCUT2D eigenvalue weighted by atomic mass is 10.2. The molecule has 0 aliphatic heterocycles. The van der Waals surface area contributed by atoms with Crippen molar-refractivity contribution < 1.29 is 4.79 Å². The van der Waals surface area contributed by atoms with Crippen molar-refractivity contribution in [3.05, 3.63) is 49.6 Å². The van der Waals surface area contributed by atoms with Crippen LogP contribution < -0.4 is 5.32 Å². The number of hydrogen-bond acceptors (Lipinski definition) is 3. The summed E-state index contributed by atoms with van der Waals surface area (Å²) in [6.07, 6.45) is 0. The average molecular weight is 377 g/mol. The molecule has 6 heteroatoms. The van der Waals surface area contributed by atoms with Crippen LogP contribution in [0.5, 0.6) is 0 Å². The van der Waals surface area contributed by atoms with Crippen molar-refractivity contribution in [1.82, 2.24) is 5.32 Å². The first-order chi connectivity index (χ1) is 8.97. The van der Waals surface area contributed by atoms with Crippen LogP contribution in [0.15, 0.2) is 39.7 Å².